The van der Waals surface area contributed by atoms with Crippen LogP contribution in [-0.4, -0.2) is 38.9 Å². The Morgan fingerprint density at radius 2 is 1.90 bits per heavy atom. The van der Waals surface area contributed by atoms with Gasteiger partial charge in [0.1, 0.15) is 23.1 Å². The minimum absolute atomic E-state index is 0.0795. The van der Waals surface area contributed by atoms with Crippen LogP contribution in [-0.2, 0) is 14.8 Å². The molecular formula is C11H12F3NO4S. The number of ether oxygens (including phenoxy) is 1. The molecule has 2 N–H and O–H groups in total. The Morgan fingerprint density at radius 3 is 2.40 bits per heavy atom. The molecule has 0 radical (unpaired) electrons. The summed E-state index contributed by atoms with van der Waals surface area (Å²) in [6.07, 6.45) is 0.198. The van der Waals surface area contributed by atoms with Gasteiger partial charge in [-0.2, -0.15) is 0 Å². The maximum Gasteiger partial charge on any atom is 0.246 e. The number of halogens is 3. The fourth-order valence-corrected chi connectivity index (χ4v) is 3.06. The predicted octanol–water partition coefficient (Wildman–Crippen LogP) is 0.534. The summed E-state index contributed by atoms with van der Waals surface area (Å²) < 4.78 is 70.0. The molecule has 1 fully saturated rings. The Morgan fingerprint density at radius 1 is 1.30 bits per heavy atom. The SMILES string of the molecule is O=S(=O)(NCC1(O)CCOC1)c1c(F)cc(F)cc1F. The smallest absolute Gasteiger partial charge is 0.246 e. The highest BCUT2D eigenvalue weighted by Gasteiger charge is 2.35. The zero-order valence-corrected chi connectivity index (χ0v) is 11.0. The Balaban J connectivity index is 2.23. The fourth-order valence-electron chi connectivity index (χ4n) is 1.82. The van der Waals surface area contributed by atoms with Gasteiger partial charge in [-0.15, -0.1) is 0 Å². The summed E-state index contributed by atoms with van der Waals surface area (Å²) >= 11 is 0. The van der Waals surface area contributed by atoms with Gasteiger partial charge in [-0.05, 0) is 0 Å². The van der Waals surface area contributed by atoms with Crippen LogP contribution in [0.4, 0.5) is 13.2 Å². The molecular weight excluding hydrogens is 299 g/mol. The molecule has 1 aliphatic rings. The first-order valence-electron chi connectivity index (χ1n) is 5.68. The van der Waals surface area contributed by atoms with Crippen molar-refractivity contribution in [1.29, 1.82) is 0 Å². The Bertz CT molecular complexity index is 591. The molecule has 112 valence electrons. The summed E-state index contributed by atoms with van der Waals surface area (Å²) in [4.78, 5) is -1.28. The Hall–Kier alpha value is -1.16. The van der Waals surface area contributed by atoms with Crippen LogP contribution in [0.15, 0.2) is 17.0 Å². The molecule has 0 bridgehead atoms. The van der Waals surface area contributed by atoms with E-state index in [1.807, 2.05) is 4.72 Å². The van der Waals surface area contributed by atoms with Crippen LogP contribution >= 0.6 is 0 Å². The molecule has 1 unspecified atom stereocenters. The quantitative estimate of drug-likeness (QED) is 0.851. The van der Waals surface area contributed by atoms with E-state index in [0.717, 1.165) is 0 Å². The van der Waals surface area contributed by atoms with Gasteiger partial charge >= 0.3 is 0 Å². The average molecular weight is 311 g/mol. The van der Waals surface area contributed by atoms with E-state index in [-0.39, 0.29) is 31.8 Å². The number of benzene rings is 1. The lowest BCUT2D eigenvalue weighted by atomic mass is 10.1. The first-order valence-corrected chi connectivity index (χ1v) is 7.16. The minimum atomic E-state index is -4.55. The van der Waals surface area contributed by atoms with Gasteiger partial charge in [0.2, 0.25) is 10.0 Å². The van der Waals surface area contributed by atoms with Gasteiger partial charge in [0.15, 0.2) is 4.90 Å². The normalized spacial score (nSPS) is 23.2. The molecule has 1 saturated heterocycles. The van der Waals surface area contributed by atoms with Crippen molar-refractivity contribution in [1.82, 2.24) is 4.72 Å². The largest absolute Gasteiger partial charge is 0.386 e. The van der Waals surface area contributed by atoms with Crippen LogP contribution in [0, 0.1) is 17.5 Å². The van der Waals surface area contributed by atoms with E-state index >= 15 is 0 Å². The van der Waals surface area contributed by atoms with Gasteiger partial charge < -0.3 is 9.84 Å². The Labute approximate surface area is 113 Å². The molecule has 0 saturated carbocycles. The molecule has 0 spiro atoms. The lowest BCUT2D eigenvalue weighted by Gasteiger charge is -2.20. The van der Waals surface area contributed by atoms with E-state index < -0.39 is 44.5 Å². The monoisotopic (exact) mass is 311 g/mol. The van der Waals surface area contributed by atoms with Crippen molar-refractivity contribution in [2.45, 2.75) is 16.9 Å². The van der Waals surface area contributed by atoms with Crippen molar-refractivity contribution in [2.24, 2.45) is 0 Å². The minimum Gasteiger partial charge on any atom is -0.386 e. The standard InChI is InChI=1S/C11H12F3NO4S/c12-7-3-8(13)10(9(14)4-7)20(17,18)15-5-11(16)1-2-19-6-11/h3-4,15-16H,1-2,5-6H2. The molecule has 1 heterocycles. The van der Waals surface area contributed by atoms with Gasteiger partial charge in [0.25, 0.3) is 0 Å². The number of rotatable bonds is 4. The van der Waals surface area contributed by atoms with Gasteiger partial charge in [-0.3, -0.25) is 0 Å². The molecule has 0 aliphatic carbocycles. The first kappa shape index (κ1) is 15.2. The highest BCUT2D eigenvalue weighted by Crippen LogP contribution is 2.22. The number of hydrogen-bond acceptors (Lipinski definition) is 4. The highest BCUT2D eigenvalue weighted by atomic mass is 32.2. The third-order valence-electron chi connectivity index (χ3n) is 2.91. The second-order valence-electron chi connectivity index (χ2n) is 4.55. The van der Waals surface area contributed by atoms with E-state index in [0.29, 0.717) is 0 Å². The summed E-state index contributed by atoms with van der Waals surface area (Å²) in [6.45, 7) is -0.271. The lowest BCUT2D eigenvalue weighted by molar-refractivity contribution is 0.0314. The van der Waals surface area contributed by atoms with Gasteiger partial charge in [-0.1, -0.05) is 0 Å². The zero-order chi connectivity index (χ0) is 15.0. The van der Waals surface area contributed by atoms with Crippen LogP contribution in [0.1, 0.15) is 6.42 Å². The van der Waals surface area contributed by atoms with E-state index in [2.05, 4.69) is 0 Å². The molecule has 0 amide bonds. The van der Waals surface area contributed by atoms with Crippen molar-refractivity contribution in [3.63, 3.8) is 0 Å². The summed E-state index contributed by atoms with van der Waals surface area (Å²) in [7, 11) is -4.55. The number of sulfonamides is 1. The predicted molar refractivity (Wildman–Crippen MR) is 61.9 cm³/mol. The summed E-state index contributed by atoms with van der Waals surface area (Å²) in [6, 6.07) is 0.538. The third-order valence-corrected chi connectivity index (χ3v) is 4.36. The maximum atomic E-state index is 13.4. The molecule has 5 nitrogen and oxygen atoms in total. The van der Waals surface area contributed by atoms with Crippen LogP contribution in [0.2, 0.25) is 0 Å². The summed E-state index contributed by atoms with van der Waals surface area (Å²) in [5.41, 5.74) is -1.42. The van der Waals surface area contributed by atoms with E-state index in [1.165, 1.54) is 0 Å². The van der Waals surface area contributed by atoms with Crippen LogP contribution in [0.5, 0.6) is 0 Å². The Kier molecular flexibility index (Phi) is 4.05. The number of hydrogen-bond donors (Lipinski definition) is 2. The van der Waals surface area contributed by atoms with Crippen LogP contribution < -0.4 is 4.72 Å². The third kappa shape index (κ3) is 3.11. The molecule has 1 atom stereocenters. The molecule has 1 aromatic carbocycles. The van der Waals surface area contributed by atoms with E-state index in [4.69, 9.17) is 4.74 Å². The van der Waals surface area contributed by atoms with E-state index in [1.54, 1.807) is 0 Å². The number of nitrogens with one attached hydrogen (secondary N) is 1. The first-order chi connectivity index (χ1) is 9.23. The molecule has 1 aliphatic heterocycles. The molecule has 2 rings (SSSR count). The molecule has 9 heteroatoms. The van der Waals surface area contributed by atoms with Crippen molar-refractivity contribution in [3.05, 3.63) is 29.6 Å². The van der Waals surface area contributed by atoms with Gasteiger partial charge in [0, 0.05) is 31.7 Å². The summed E-state index contributed by atoms with van der Waals surface area (Å²) in [5.74, 6) is -4.30. The van der Waals surface area contributed by atoms with Crippen LogP contribution in [0.25, 0.3) is 0 Å². The van der Waals surface area contributed by atoms with Crippen LogP contribution in [0.3, 0.4) is 0 Å². The summed E-state index contributed by atoms with van der Waals surface area (Å²) in [5, 5.41) is 9.88. The molecule has 20 heavy (non-hydrogen) atoms. The second kappa shape index (κ2) is 5.32. The topological polar surface area (TPSA) is 75.6 Å². The van der Waals surface area contributed by atoms with Crippen molar-refractivity contribution in [3.8, 4) is 0 Å². The second-order valence-corrected chi connectivity index (χ2v) is 6.25. The molecule has 1 aromatic rings. The fraction of sp³-hybridized carbons (Fsp3) is 0.455. The van der Waals surface area contributed by atoms with Gasteiger partial charge in [0.05, 0.1) is 6.61 Å². The van der Waals surface area contributed by atoms with Crippen molar-refractivity contribution in [2.75, 3.05) is 19.8 Å². The molecule has 0 aromatic heterocycles. The van der Waals surface area contributed by atoms with E-state index in [9.17, 15) is 26.7 Å². The zero-order valence-electron chi connectivity index (χ0n) is 10.2. The van der Waals surface area contributed by atoms with Crippen molar-refractivity contribution < 1.29 is 31.4 Å². The lowest BCUT2D eigenvalue weighted by Crippen LogP contribution is -2.43. The van der Waals surface area contributed by atoms with Crippen molar-refractivity contribution >= 4 is 10.0 Å². The highest BCUT2D eigenvalue weighted by molar-refractivity contribution is 7.89. The maximum absolute atomic E-state index is 13.4. The average Bonchev–Trinajstić information content (AvgIpc) is 2.73. The van der Waals surface area contributed by atoms with Gasteiger partial charge in [-0.25, -0.2) is 26.3 Å². The number of aliphatic hydroxyl groups is 1.